The lowest BCUT2D eigenvalue weighted by Crippen LogP contribution is -2.33. The Morgan fingerprint density at radius 2 is 1.89 bits per heavy atom. The zero-order valence-corrected chi connectivity index (χ0v) is 11.4. The van der Waals surface area contributed by atoms with Gasteiger partial charge in [0.1, 0.15) is 12.7 Å². The lowest BCUT2D eigenvalue weighted by Gasteiger charge is -2.26. The van der Waals surface area contributed by atoms with Crippen molar-refractivity contribution < 1.29 is 14.6 Å². The van der Waals surface area contributed by atoms with Crippen LogP contribution in [0.4, 0.5) is 0 Å². The second kappa shape index (κ2) is 10.3. The van der Waals surface area contributed by atoms with Gasteiger partial charge in [0.2, 0.25) is 0 Å². The lowest BCUT2D eigenvalue weighted by molar-refractivity contribution is -0.0168. The van der Waals surface area contributed by atoms with Crippen LogP contribution >= 0.6 is 0 Å². The Labute approximate surface area is 110 Å². The first-order valence-corrected chi connectivity index (χ1v) is 6.78. The maximum atomic E-state index is 9.57. The van der Waals surface area contributed by atoms with Gasteiger partial charge in [0.15, 0.2) is 0 Å². The molecule has 1 aliphatic heterocycles. The van der Waals surface area contributed by atoms with Crippen molar-refractivity contribution in [3.8, 4) is 11.8 Å². The Morgan fingerprint density at radius 1 is 1.17 bits per heavy atom. The third kappa shape index (κ3) is 7.67. The van der Waals surface area contributed by atoms with Gasteiger partial charge in [0.05, 0.1) is 19.8 Å². The normalized spacial score (nSPS) is 18.1. The van der Waals surface area contributed by atoms with Gasteiger partial charge in [-0.05, 0) is 32.9 Å². The number of aliphatic hydroxyl groups is 1. The third-order valence-corrected chi connectivity index (χ3v) is 2.97. The van der Waals surface area contributed by atoms with Gasteiger partial charge in [0.25, 0.3) is 0 Å². The summed E-state index contributed by atoms with van der Waals surface area (Å²) in [4.78, 5) is 2.42. The van der Waals surface area contributed by atoms with E-state index in [0.717, 1.165) is 6.54 Å². The molecule has 1 unspecified atom stereocenters. The van der Waals surface area contributed by atoms with Crippen LogP contribution in [-0.4, -0.2) is 62.2 Å². The van der Waals surface area contributed by atoms with Crippen LogP contribution in [0.15, 0.2) is 0 Å². The number of rotatable bonds is 8. The molecule has 1 heterocycles. The average molecular weight is 255 g/mol. The lowest BCUT2D eigenvalue weighted by atomic mass is 10.1. The molecule has 0 radical (unpaired) electrons. The van der Waals surface area contributed by atoms with Gasteiger partial charge < -0.3 is 19.5 Å². The molecule has 4 heteroatoms. The van der Waals surface area contributed by atoms with Crippen molar-refractivity contribution in [3.05, 3.63) is 0 Å². The fourth-order valence-electron chi connectivity index (χ4n) is 1.96. The van der Waals surface area contributed by atoms with Crippen LogP contribution in [0.3, 0.4) is 0 Å². The van der Waals surface area contributed by atoms with Crippen molar-refractivity contribution >= 4 is 0 Å². The molecule has 4 nitrogen and oxygen atoms in total. The summed E-state index contributed by atoms with van der Waals surface area (Å²) in [5, 5.41) is 9.57. The maximum absolute atomic E-state index is 9.57. The van der Waals surface area contributed by atoms with Crippen LogP contribution in [0, 0.1) is 11.8 Å². The van der Waals surface area contributed by atoms with E-state index in [9.17, 15) is 5.11 Å². The van der Waals surface area contributed by atoms with E-state index in [0.29, 0.717) is 26.4 Å². The summed E-state index contributed by atoms with van der Waals surface area (Å²) >= 11 is 0. The molecule has 1 fully saturated rings. The maximum Gasteiger partial charge on any atom is 0.107 e. The van der Waals surface area contributed by atoms with Gasteiger partial charge >= 0.3 is 0 Å². The first kappa shape index (κ1) is 15.5. The quantitative estimate of drug-likeness (QED) is 0.517. The monoisotopic (exact) mass is 255 g/mol. The standard InChI is InChI=1S/C14H25NO3/c1-2-3-10-17-12-14(16)13-18-11-9-15-7-5-4-6-8-15/h14,16H,4-13H2,1H3. The molecule has 0 aliphatic carbocycles. The highest BCUT2D eigenvalue weighted by molar-refractivity contribution is 4.94. The smallest absolute Gasteiger partial charge is 0.107 e. The summed E-state index contributed by atoms with van der Waals surface area (Å²) in [5.41, 5.74) is 0. The van der Waals surface area contributed by atoms with Crippen molar-refractivity contribution in [1.29, 1.82) is 0 Å². The molecule has 1 atom stereocenters. The van der Waals surface area contributed by atoms with E-state index in [1.54, 1.807) is 6.92 Å². The summed E-state index contributed by atoms with van der Waals surface area (Å²) in [5.74, 6) is 5.52. The zero-order valence-electron chi connectivity index (χ0n) is 11.4. The number of hydrogen-bond acceptors (Lipinski definition) is 4. The minimum Gasteiger partial charge on any atom is -0.388 e. The van der Waals surface area contributed by atoms with Gasteiger partial charge in [-0.15, -0.1) is 5.92 Å². The Hall–Kier alpha value is -0.600. The van der Waals surface area contributed by atoms with Crippen molar-refractivity contribution in [1.82, 2.24) is 4.90 Å². The summed E-state index contributed by atoms with van der Waals surface area (Å²) in [6.45, 7) is 6.80. The molecule has 0 saturated carbocycles. The molecule has 0 spiro atoms. The molecule has 104 valence electrons. The molecule has 0 aromatic rings. The minimum atomic E-state index is -0.551. The molecule has 1 saturated heterocycles. The predicted octanol–water partition coefficient (Wildman–Crippen LogP) is 0.890. The van der Waals surface area contributed by atoms with Gasteiger partial charge in [0, 0.05) is 6.54 Å². The molecular formula is C14H25NO3. The van der Waals surface area contributed by atoms with Gasteiger partial charge in [-0.3, -0.25) is 0 Å². The minimum absolute atomic E-state index is 0.290. The second-order valence-electron chi connectivity index (χ2n) is 4.57. The SMILES string of the molecule is CC#CCOCC(O)COCCN1CCCCC1. The number of nitrogens with zero attached hydrogens (tertiary/aromatic N) is 1. The third-order valence-electron chi connectivity index (χ3n) is 2.97. The van der Waals surface area contributed by atoms with Crippen molar-refractivity contribution in [2.75, 3.05) is 46.1 Å². The fraction of sp³-hybridized carbons (Fsp3) is 0.857. The molecule has 1 rings (SSSR count). The predicted molar refractivity (Wildman–Crippen MR) is 71.4 cm³/mol. The van der Waals surface area contributed by atoms with E-state index in [4.69, 9.17) is 9.47 Å². The first-order valence-electron chi connectivity index (χ1n) is 6.78. The molecule has 0 aromatic carbocycles. The summed E-state index contributed by atoms with van der Waals surface area (Å²) in [6, 6.07) is 0. The highest BCUT2D eigenvalue weighted by atomic mass is 16.5. The molecule has 1 N–H and O–H groups in total. The van der Waals surface area contributed by atoms with Crippen molar-refractivity contribution in [3.63, 3.8) is 0 Å². The topological polar surface area (TPSA) is 41.9 Å². The molecule has 18 heavy (non-hydrogen) atoms. The number of piperidine rings is 1. The molecule has 0 amide bonds. The largest absolute Gasteiger partial charge is 0.388 e. The van der Waals surface area contributed by atoms with Crippen LogP contribution in [0.2, 0.25) is 0 Å². The second-order valence-corrected chi connectivity index (χ2v) is 4.57. The average Bonchev–Trinajstić information content (AvgIpc) is 2.41. The van der Waals surface area contributed by atoms with Crippen molar-refractivity contribution in [2.24, 2.45) is 0 Å². The Morgan fingerprint density at radius 3 is 2.61 bits per heavy atom. The van der Waals surface area contributed by atoms with E-state index in [-0.39, 0.29) is 0 Å². The molecule has 0 bridgehead atoms. The van der Waals surface area contributed by atoms with Gasteiger partial charge in [-0.25, -0.2) is 0 Å². The van der Waals surface area contributed by atoms with E-state index < -0.39 is 6.10 Å². The Balaban J connectivity index is 1.90. The first-order chi connectivity index (χ1) is 8.83. The molecule has 1 aliphatic rings. The van der Waals surface area contributed by atoms with Crippen LogP contribution in [-0.2, 0) is 9.47 Å². The number of ether oxygens (including phenoxy) is 2. The summed E-state index contributed by atoms with van der Waals surface area (Å²) in [6.07, 6.45) is 3.41. The highest BCUT2D eigenvalue weighted by Crippen LogP contribution is 2.07. The number of hydrogen-bond donors (Lipinski definition) is 1. The van der Waals surface area contributed by atoms with E-state index in [1.807, 2.05) is 0 Å². The van der Waals surface area contributed by atoms with Crippen molar-refractivity contribution in [2.45, 2.75) is 32.3 Å². The molecule has 0 aromatic heterocycles. The Bertz CT molecular complexity index is 254. The number of likely N-dealkylation sites (tertiary alicyclic amines) is 1. The highest BCUT2D eigenvalue weighted by Gasteiger charge is 2.10. The van der Waals surface area contributed by atoms with E-state index >= 15 is 0 Å². The summed E-state index contributed by atoms with van der Waals surface area (Å²) in [7, 11) is 0. The van der Waals surface area contributed by atoms with Gasteiger partial charge in [-0.1, -0.05) is 12.3 Å². The Kier molecular flexibility index (Phi) is 8.87. The van der Waals surface area contributed by atoms with E-state index in [2.05, 4.69) is 16.7 Å². The molecular weight excluding hydrogens is 230 g/mol. The van der Waals surface area contributed by atoms with Crippen LogP contribution in [0.1, 0.15) is 26.2 Å². The van der Waals surface area contributed by atoms with Gasteiger partial charge in [-0.2, -0.15) is 0 Å². The van der Waals surface area contributed by atoms with E-state index in [1.165, 1.54) is 32.4 Å². The van der Waals surface area contributed by atoms with Crippen LogP contribution in [0.5, 0.6) is 0 Å². The summed E-state index contributed by atoms with van der Waals surface area (Å²) < 4.78 is 10.6. The number of aliphatic hydroxyl groups excluding tert-OH is 1. The van der Waals surface area contributed by atoms with Crippen LogP contribution in [0.25, 0.3) is 0 Å². The fourth-order valence-corrected chi connectivity index (χ4v) is 1.96. The van der Waals surface area contributed by atoms with Crippen LogP contribution < -0.4 is 0 Å². The zero-order chi connectivity index (χ0) is 13.1.